The number of carbonyl (C=O) groups excluding carboxylic acids is 1. The number of hydrogen-bond acceptors (Lipinski definition) is 5. The monoisotopic (exact) mass is 282 g/mol. The van der Waals surface area contributed by atoms with Gasteiger partial charge in [0.1, 0.15) is 0 Å². The second kappa shape index (κ2) is 5.40. The van der Waals surface area contributed by atoms with E-state index < -0.39 is 29.4 Å². The van der Waals surface area contributed by atoms with Gasteiger partial charge in [-0.05, 0) is 26.0 Å². The van der Waals surface area contributed by atoms with Gasteiger partial charge >= 0.3 is 11.9 Å². The Bertz CT molecular complexity index is 558. The highest BCUT2D eigenvalue weighted by Gasteiger charge is 2.54. The van der Waals surface area contributed by atoms with Crippen LogP contribution in [-0.4, -0.2) is 49.9 Å². The number of aliphatic carboxylic acids is 2. The molecule has 1 aromatic carbocycles. The van der Waals surface area contributed by atoms with Gasteiger partial charge in [0.15, 0.2) is 6.10 Å². The van der Waals surface area contributed by atoms with Crippen LogP contribution in [0.5, 0.6) is 0 Å². The van der Waals surface area contributed by atoms with Gasteiger partial charge in [0, 0.05) is 5.56 Å². The van der Waals surface area contributed by atoms with E-state index in [1.54, 1.807) is 19.9 Å². The maximum absolute atomic E-state index is 12.1. The van der Waals surface area contributed by atoms with Gasteiger partial charge in [-0.2, -0.15) is 0 Å². The third kappa shape index (κ3) is 2.68. The topological polar surface area (TPSA) is 132 Å². The molecular formula is C13H14O7. The first kappa shape index (κ1) is 15.8. The molecule has 1 rings (SSSR count). The molecule has 0 bridgehead atoms. The molecule has 0 radical (unpaired) electrons. The molecule has 2 atom stereocenters. The van der Waals surface area contributed by atoms with E-state index in [0.717, 1.165) is 0 Å². The number of carbonyl (C=O) groups is 3. The minimum absolute atomic E-state index is 0.187. The van der Waals surface area contributed by atoms with Gasteiger partial charge in [0.25, 0.3) is 5.60 Å². The van der Waals surface area contributed by atoms with Gasteiger partial charge in [-0.3, -0.25) is 4.79 Å². The molecule has 7 heteroatoms. The number of ketones is 1. The average molecular weight is 282 g/mol. The van der Waals surface area contributed by atoms with Crippen molar-refractivity contribution in [2.45, 2.75) is 25.6 Å². The van der Waals surface area contributed by atoms with E-state index in [9.17, 15) is 24.6 Å². The highest BCUT2D eigenvalue weighted by molar-refractivity contribution is 6.17. The Balaban J connectivity index is 3.39. The number of aryl methyl sites for hydroxylation is 2. The van der Waals surface area contributed by atoms with E-state index in [2.05, 4.69) is 0 Å². The second-order valence-corrected chi connectivity index (χ2v) is 4.52. The third-order valence-electron chi connectivity index (χ3n) is 2.79. The molecule has 4 N–H and O–H groups in total. The molecule has 20 heavy (non-hydrogen) atoms. The minimum atomic E-state index is -3.44. The largest absolute Gasteiger partial charge is 0.479 e. The lowest BCUT2D eigenvalue weighted by Crippen LogP contribution is -2.58. The van der Waals surface area contributed by atoms with Crippen molar-refractivity contribution >= 4 is 17.7 Å². The van der Waals surface area contributed by atoms with Crippen molar-refractivity contribution in [3.05, 3.63) is 34.9 Å². The summed E-state index contributed by atoms with van der Waals surface area (Å²) in [6, 6.07) is 4.32. The van der Waals surface area contributed by atoms with Gasteiger partial charge in [-0.15, -0.1) is 0 Å². The van der Waals surface area contributed by atoms with Crippen LogP contribution in [0.3, 0.4) is 0 Å². The number of aliphatic hydroxyl groups is 2. The van der Waals surface area contributed by atoms with Crippen LogP contribution >= 0.6 is 0 Å². The fraction of sp³-hybridized carbons (Fsp3) is 0.308. The molecule has 0 heterocycles. The van der Waals surface area contributed by atoms with Crippen molar-refractivity contribution in [3.63, 3.8) is 0 Å². The Morgan fingerprint density at radius 3 is 1.85 bits per heavy atom. The Hall–Kier alpha value is -2.25. The number of carboxylic acids is 2. The van der Waals surface area contributed by atoms with Crippen LogP contribution in [0.25, 0.3) is 0 Å². The molecule has 0 unspecified atom stereocenters. The smallest absolute Gasteiger partial charge is 0.347 e. The fourth-order valence-electron chi connectivity index (χ4n) is 1.84. The predicted octanol–water partition coefficient (Wildman–Crippen LogP) is -0.253. The molecule has 7 nitrogen and oxygen atoms in total. The van der Waals surface area contributed by atoms with Crippen molar-refractivity contribution in [1.29, 1.82) is 0 Å². The van der Waals surface area contributed by atoms with Crippen LogP contribution in [0, 0.1) is 13.8 Å². The first-order valence-electron chi connectivity index (χ1n) is 5.60. The predicted molar refractivity (Wildman–Crippen MR) is 66.5 cm³/mol. The van der Waals surface area contributed by atoms with E-state index in [0.29, 0.717) is 11.1 Å². The molecule has 0 aliphatic carbocycles. The number of rotatable bonds is 5. The standard InChI is InChI=1S/C13H14O7/c1-6-3-7(2)5-8(4-6)9(14)13(20,12(18)19)10(15)11(16)17/h3-5,10,15,20H,1-2H3,(H,16,17)(H,18,19)/t10-,13+/m1/s1. The number of benzene rings is 1. The summed E-state index contributed by atoms with van der Waals surface area (Å²) in [5, 5.41) is 36.8. The van der Waals surface area contributed by atoms with E-state index in [1.165, 1.54) is 12.1 Å². The summed E-state index contributed by atoms with van der Waals surface area (Å²) in [7, 11) is 0. The Labute approximate surface area is 114 Å². The summed E-state index contributed by atoms with van der Waals surface area (Å²) in [5.41, 5.74) is -2.36. The zero-order valence-corrected chi connectivity index (χ0v) is 10.8. The number of Topliss-reactive ketones (excluding diaryl/α,β-unsaturated/α-hetero) is 1. The van der Waals surface area contributed by atoms with Gasteiger partial charge in [0.2, 0.25) is 5.78 Å². The van der Waals surface area contributed by atoms with Crippen LogP contribution in [0.15, 0.2) is 18.2 Å². The molecular weight excluding hydrogens is 268 g/mol. The number of carboxylic acid groups (broad SMARTS) is 2. The fourth-order valence-corrected chi connectivity index (χ4v) is 1.84. The lowest BCUT2D eigenvalue weighted by molar-refractivity contribution is -0.175. The minimum Gasteiger partial charge on any atom is -0.479 e. The Morgan fingerprint density at radius 1 is 1.05 bits per heavy atom. The first-order valence-corrected chi connectivity index (χ1v) is 5.60. The first-order chi connectivity index (χ1) is 9.10. The molecule has 0 spiro atoms. The van der Waals surface area contributed by atoms with Gasteiger partial charge < -0.3 is 20.4 Å². The SMILES string of the molecule is Cc1cc(C)cc(C(=O)[C@@](O)(C(=O)O)[C@H](O)C(=O)O)c1. The van der Waals surface area contributed by atoms with Crippen molar-refractivity contribution in [1.82, 2.24) is 0 Å². The van der Waals surface area contributed by atoms with Gasteiger partial charge in [-0.1, -0.05) is 17.2 Å². The van der Waals surface area contributed by atoms with E-state index in [1.807, 2.05) is 0 Å². The summed E-state index contributed by atoms with van der Waals surface area (Å²) in [6.07, 6.45) is -2.77. The summed E-state index contributed by atoms with van der Waals surface area (Å²) in [6.45, 7) is 3.30. The maximum atomic E-state index is 12.1. The molecule has 0 saturated carbocycles. The summed E-state index contributed by atoms with van der Waals surface area (Å²) < 4.78 is 0. The van der Waals surface area contributed by atoms with Gasteiger partial charge in [-0.25, -0.2) is 9.59 Å². The molecule has 0 aliphatic heterocycles. The molecule has 0 fully saturated rings. The zero-order valence-electron chi connectivity index (χ0n) is 10.8. The van der Waals surface area contributed by atoms with Crippen molar-refractivity contribution in [3.8, 4) is 0 Å². The lowest BCUT2D eigenvalue weighted by Gasteiger charge is -2.24. The Kier molecular flexibility index (Phi) is 4.26. The second-order valence-electron chi connectivity index (χ2n) is 4.52. The van der Waals surface area contributed by atoms with E-state index in [4.69, 9.17) is 10.2 Å². The zero-order chi connectivity index (χ0) is 15.7. The average Bonchev–Trinajstić information content (AvgIpc) is 2.34. The normalized spacial score (nSPS) is 15.2. The highest BCUT2D eigenvalue weighted by Crippen LogP contribution is 2.21. The molecule has 0 saturated heterocycles. The van der Waals surface area contributed by atoms with Crippen molar-refractivity contribution in [2.24, 2.45) is 0 Å². The van der Waals surface area contributed by atoms with Crippen LogP contribution < -0.4 is 0 Å². The molecule has 0 amide bonds. The molecule has 0 aromatic heterocycles. The number of hydrogen-bond donors (Lipinski definition) is 4. The van der Waals surface area contributed by atoms with Gasteiger partial charge in [0.05, 0.1) is 0 Å². The maximum Gasteiger partial charge on any atom is 0.347 e. The van der Waals surface area contributed by atoms with E-state index in [-0.39, 0.29) is 5.56 Å². The van der Waals surface area contributed by atoms with Crippen LogP contribution in [0.2, 0.25) is 0 Å². The third-order valence-corrected chi connectivity index (χ3v) is 2.79. The summed E-state index contributed by atoms with van der Waals surface area (Å²) in [5.74, 6) is -5.52. The summed E-state index contributed by atoms with van der Waals surface area (Å²) in [4.78, 5) is 33.9. The molecule has 1 aromatic rings. The summed E-state index contributed by atoms with van der Waals surface area (Å²) >= 11 is 0. The van der Waals surface area contributed by atoms with Crippen LogP contribution in [0.4, 0.5) is 0 Å². The van der Waals surface area contributed by atoms with Crippen LogP contribution in [0.1, 0.15) is 21.5 Å². The highest BCUT2D eigenvalue weighted by atomic mass is 16.4. The van der Waals surface area contributed by atoms with Crippen molar-refractivity contribution in [2.75, 3.05) is 0 Å². The quantitative estimate of drug-likeness (QED) is 0.432. The number of aliphatic hydroxyl groups excluding tert-OH is 1. The van der Waals surface area contributed by atoms with Crippen molar-refractivity contribution < 1.29 is 34.8 Å². The van der Waals surface area contributed by atoms with Crippen LogP contribution in [-0.2, 0) is 9.59 Å². The van der Waals surface area contributed by atoms with E-state index >= 15 is 0 Å². The molecule has 0 aliphatic rings. The molecule has 108 valence electrons. The lowest BCUT2D eigenvalue weighted by atomic mass is 9.86. The Morgan fingerprint density at radius 2 is 1.50 bits per heavy atom.